The molecule has 0 heterocycles. The van der Waals surface area contributed by atoms with E-state index in [1.54, 1.807) is 19.2 Å². The maximum atomic E-state index is 12.4. The molecule has 6 heteroatoms. The number of nitrogens with zero attached hydrogens (tertiary/aromatic N) is 1. The van der Waals surface area contributed by atoms with Crippen LogP contribution in [0.3, 0.4) is 0 Å². The highest BCUT2D eigenvalue weighted by Crippen LogP contribution is 2.27. The quantitative estimate of drug-likeness (QED) is 0.898. The van der Waals surface area contributed by atoms with Crippen LogP contribution in [0.25, 0.3) is 0 Å². The third kappa shape index (κ3) is 3.12. The van der Waals surface area contributed by atoms with E-state index < -0.39 is 10.0 Å². The molecule has 1 aromatic rings. The van der Waals surface area contributed by atoms with Crippen molar-refractivity contribution in [1.29, 1.82) is 0 Å². The van der Waals surface area contributed by atoms with Crippen molar-refractivity contribution in [3.8, 4) is 0 Å². The number of hydrogen-bond donors (Lipinski definition) is 1. The van der Waals surface area contributed by atoms with Crippen LogP contribution < -0.4 is 0 Å². The van der Waals surface area contributed by atoms with Crippen LogP contribution in [-0.2, 0) is 16.6 Å². The van der Waals surface area contributed by atoms with Crippen LogP contribution in [0.15, 0.2) is 27.6 Å². The van der Waals surface area contributed by atoms with Crippen molar-refractivity contribution in [2.45, 2.75) is 37.8 Å². The zero-order chi connectivity index (χ0) is 13.9. The first-order valence-corrected chi connectivity index (χ1v) is 7.95. The van der Waals surface area contributed by atoms with E-state index in [-0.39, 0.29) is 17.5 Å². The van der Waals surface area contributed by atoms with Crippen molar-refractivity contribution in [2.75, 3.05) is 7.05 Å². The van der Waals surface area contributed by atoms with E-state index in [2.05, 4.69) is 15.9 Å². The van der Waals surface area contributed by atoms with Gasteiger partial charge in [0.15, 0.2) is 0 Å². The molecule has 1 rings (SSSR count). The molecular formula is C12H18BrNO3S. The molecule has 0 aliphatic carbocycles. The van der Waals surface area contributed by atoms with Gasteiger partial charge in [-0.2, -0.15) is 4.31 Å². The molecular weight excluding hydrogens is 318 g/mol. The smallest absolute Gasteiger partial charge is 0.244 e. The number of benzene rings is 1. The highest BCUT2D eigenvalue weighted by molar-refractivity contribution is 9.10. The Morgan fingerprint density at radius 1 is 1.44 bits per heavy atom. The van der Waals surface area contributed by atoms with E-state index in [0.717, 1.165) is 6.42 Å². The Morgan fingerprint density at radius 2 is 2.06 bits per heavy atom. The summed E-state index contributed by atoms with van der Waals surface area (Å²) in [5.41, 5.74) is 0.673. The minimum Gasteiger partial charge on any atom is -0.392 e. The van der Waals surface area contributed by atoms with Gasteiger partial charge in [-0.25, -0.2) is 8.42 Å². The Kier molecular flexibility index (Phi) is 5.33. The summed E-state index contributed by atoms with van der Waals surface area (Å²) >= 11 is 3.25. The fraction of sp³-hybridized carbons (Fsp3) is 0.500. The van der Waals surface area contributed by atoms with Gasteiger partial charge in [0.2, 0.25) is 10.0 Å². The van der Waals surface area contributed by atoms with Gasteiger partial charge in [0, 0.05) is 17.6 Å². The van der Waals surface area contributed by atoms with Gasteiger partial charge in [0.1, 0.15) is 0 Å². The highest BCUT2D eigenvalue weighted by Gasteiger charge is 2.26. The van der Waals surface area contributed by atoms with Crippen molar-refractivity contribution in [1.82, 2.24) is 4.31 Å². The normalized spacial score (nSPS) is 13.9. The van der Waals surface area contributed by atoms with E-state index >= 15 is 0 Å². The number of rotatable bonds is 5. The minimum absolute atomic E-state index is 0.0561. The van der Waals surface area contributed by atoms with Crippen LogP contribution >= 0.6 is 15.9 Å². The average Bonchev–Trinajstić information content (AvgIpc) is 2.36. The van der Waals surface area contributed by atoms with Crippen molar-refractivity contribution in [2.24, 2.45) is 0 Å². The second-order valence-electron chi connectivity index (χ2n) is 4.20. The molecule has 0 radical (unpaired) electrons. The monoisotopic (exact) mass is 335 g/mol. The van der Waals surface area contributed by atoms with Gasteiger partial charge < -0.3 is 5.11 Å². The first kappa shape index (κ1) is 15.6. The second-order valence-corrected chi connectivity index (χ2v) is 7.02. The molecule has 0 saturated heterocycles. The van der Waals surface area contributed by atoms with Crippen LogP contribution in [0.5, 0.6) is 0 Å². The fourth-order valence-electron chi connectivity index (χ4n) is 1.50. The molecule has 1 atom stereocenters. The average molecular weight is 336 g/mol. The highest BCUT2D eigenvalue weighted by atomic mass is 79.9. The maximum absolute atomic E-state index is 12.4. The maximum Gasteiger partial charge on any atom is 0.244 e. The molecule has 0 spiro atoms. The number of aliphatic hydroxyl groups excluding tert-OH is 1. The summed E-state index contributed by atoms with van der Waals surface area (Å²) in [7, 11) is -1.92. The Hall–Kier alpha value is -0.430. The first-order chi connectivity index (χ1) is 8.34. The molecule has 1 unspecified atom stereocenters. The summed E-state index contributed by atoms with van der Waals surface area (Å²) in [5, 5.41) is 9.01. The molecule has 18 heavy (non-hydrogen) atoms. The number of halogens is 1. The van der Waals surface area contributed by atoms with Gasteiger partial charge in [-0.3, -0.25) is 0 Å². The molecule has 0 saturated carbocycles. The van der Waals surface area contributed by atoms with Crippen LogP contribution in [0, 0.1) is 0 Å². The summed E-state index contributed by atoms with van der Waals surface area (Å²) in [6.07, 6.45) is 0.752. The molecule has 1 aromatic carbocycles. The molecule has 0 aliphatic rings. The lowest BCUT2D eigenvalue weighted by Crippen LogP contribution is -2.34. The Morgan fingerprint density at radius 3 is 2.50 bits per heavy atom. The Bertz CT molecular complexity index is 516. The van der Waals surface area contributed by atoms with E-state index in [9.17, 15) is 8.42 Å². The molecule has 4 nitrogen and oxygen atoms in total. The van der Waals surface area contributed by atoms with Crippen molar-refractivity contribution in [3.63, 3.8) is 0 Å². The zero-order valence-electron chi connectivity index (χ0n) is 10.7. The fourth-order valence-corrected chi connectivity index (χ4v) is 4.02. The number of hydrogen-bond acceptors (Lipinski definition) is 3. The van der Waals surface area contributed by atoms with Gasteiger partial charge in [-0.1, -0.05) is 13.0 Å². The molecule has 0 fully saturated rings. The lowest BCUT2D eigenvalue weighted by atomic mass is 10.2. The molecule has 102 valence electrons. The van der Waals surface area contributed by atoms with Gasteiger partial charge in [-0.15, -0.1) is 0 Å². The van der Waals surface area contributed by atoms with E-state index in [1.165, 1.54) is 10.4 Å². The zero-order valence-corrected chi connectivity index (χ0v) is 13.1. The summed E-state index contributed by atoms with van der Waals surface area (Å²) in [6.45, 7) is 3.70. The predicted octanol–water partition coefficient (Wildman–Crippen LogP) is 2.36. The van der Waals surface area contributed by atoms with Gasteiger partial charge >= 0.3 is 0 Å². The summed E-state index contributed by atoms with van der Waals surface area (Å²) in [4.78, 5) is 0.225. The topological polar surface area (TPSA) is 57.6 Å². The SMILES string of the molecule is CCC(C)N(C)S(=O)(=O)c1ccc(CO)cc1Br. The third-order valence-electron chi connectivity index (χ3n) is 3.05. The summed E-state index contributed by atoms with van der Waals surface area (Å²) in [5.74, 6) is 0. The largest absolute Gasteiger partial charge is 0.392 e. The summed E-state index contributed by atoms with van der Waals surface area (Å²) in [6, 6.07) is 4.70. The van der Waals surface area contributed by atoms with Crippen LogP contribution in [0.4, 0.5) is 0 Å². The second kappa shape index (κ2) is 6.14. The van der Waals surface area contributed by atoms with E-state index in [0.29, 0.717) is 10.0 Å². The number of sulfonamides is 1. The Balaban J connectivity index is 3.21. The van der Waals surface area contributed by atoms with Crippen molar-refractivity contribution in [3.05, 3.63) is 28.2 Å². The Labute approximate surface area is 117 Å². The lowest BCUT2D eigenvalue weighted by Gasteiger charge is -2.23. The summed E-state index contributed by atoms with van der Waals surface area (Å²) < 4.78 is 26.6. The molecule has 1 N–H and O–H groups in total. The number of aliphatic hydroxyl groups is 1. The third-order valence-corrected chi connectivity index (χ3v) is 6.00. The van der Waals surface area contributed by atoms with Crippen LogP contribution in [0.1, 0.15) is 25.8 Å². The molecule has 0 aliphatic heterocycles. The molecule has 0 amide bonds. The van der Waals surface area contributed by atoms with E-state index in [4.69, 9.17) is 5.11 Å². The van der Waals surface area contributed by atoms with Crippen LogP contribution in [-0.4, -0.2) is 30.9 Å². The predicted molar refractivity (Wildman–Crippen MR) is 74.8 cm³/mol. The molecule has 0 bridgehead atoms. The van der Waals surface area contributed by atoms with Crippen molar-refractivity contribution >= 4 is 26.0 Å². The van der Waals surface area contributed by atoms with Gasteiger partial charge in [0.05, 0.1) is 11.5 Å². The standard InChI is InChI=1S/C12H18BrNO3S/c1-4-9(2)14(3)18(16,17)12-6-5-10(8-15)7-11(12)13/h5-7,9,15H,4,8H2,1-3H3. The van der Waals surface area contributed by atoms with E-state index in [1.807, 2.05) is 13.8 Å². The molecule has 0 aromatic heterocycles. The van der Waals surface area contributed by atoms with Gasteiger partial charge in [-0.05, 0) is 47.0 Å². The minimum atomic E-state index is -3.50. The van der Waals surface area contributed by atoms with Crippen molar-refractivity contribution < 1.29 is 13.5 Å². The van der Waals surface area contributed by atoms with Gasteiger partial charge in [0.25, 0.3) is 0 Å². The van der Waals surface area contributed by atoms with Crippen LogP contribution in [0.2, 0.25) is 0 Å². The lowest BCUT2D eigenvalue weighted by molar-refractivity contribution is 0.281. The first-order valence-electron chi connectivity index (χ1n) is 5.71.